The predicted octanol–water partition coefficient (Wildman–Crippen LogP) is 1.48. The normalized spacial score (nSPS) is 22.1. The molecule has 124 valence electrons. The van der Waals surface area contributed by atoms with Gasteiger partial charge < -0.3 is 14.5 Å². The Bertz CT molecular complexity index is 710. The van der Waals surface area contributed by atoms with Gasteiger partial charge in [-0.1, -0.05) is 6.07 Å². The van der Waals surface area contributed by atoms with Crippen molar-refractivity contribution in [3.63, 3.8) is 0 Å². The third kappa shape index (κ3) is 3.23. The molecule has 1 aliphatic heterocycles. The molecule has 2 aromatic rings. The highest BCUT2D eigenvalue weighted by Gasteiger charge is 2.35. The smallest absolute Gasteiger partial charge is 0.271 e. The number of likely N-dealkylation sites (tertiary alicyclic amines) is 1. The van der Waals surface area contributed by atoms with Gasteiger partial charge in [-0.05, 0) is 32.4 Å². The zero-order valence-corrected chi connectivity index (χ0v) is 14.1. The molecule has 1 fully saturated rings. The predicted molar refractivity (Wildman–Crippen MR) is 88.7 cm³/mol. The number of hydrogen-bond acceptors (Lipinski definition) is 4. The maximum atomic E-state index is 12.5. The van der Waals surface area contributed by atoms with Crippen LogP contribution in [0.4, 0.5) is 0 Å². The lowest BCUT2D eigenvalue weighted by Gasteiger charge is -2.19. The Hall–Kier alpha value is -1.92. The van der Waals surface area contributed by atoms with Gasteiger partial charge in [-0.15, -0.1) is 0 Å². The molecule has 1 saturated heterocycles. The van der Waals surface area contributed by atoms with E-state index in [0.717, 1.165) is 24.3 Å². The Kier molecular flexibility index (Phi) is 4.37. The van der Waals surface area contributed by atoms with Crippen LogP contribution in [0.25, 0.3) is 5.65 Å². The number of ether oxygens (including phenoxy) is 1. The number of pyridine rings is 1. The number of imidazole rings is 1. The minimum absolute atomic E-state index is 0.0125. The summed E-state index contributed by atoms with van der Waals surface area (Å²) in [5.41, 5.74) is 2.34. The molecule has 3 heterocycles. The Morgan fingerprint density at radius 1 is 1.35 bits per heavy atom. The van der Waals surface area contributed by atoms with E-state index in [0.29, 0.717) is 11.7 Å². The molecule has 2 aromatic heterocycles. The number of fused-ring (bicyclic) bond motifs is 1. The van der Waals surface area contributed by atoms with E-state index in [1.54, 1.807) is 13.3 Å². The van der Waals surface area contributed by atoms with Crippen LogP contribution in [0.1, 0.15) is 29.9 Å². The van der Waals surface area contributed by atoms with Gasteiger partial charge in [0.2, 0.25) is 0 Å². The number of rotatable bonds is 4. The van der Waals surface area contributed by atoms with Crippen LogP contribution >= 0.6 is 0 Å². The molecule has 0 aliphatic carbocycles. The van der Waals surface area contributed by atoms with Crippen molar-refractivity contribution >= 4 is 11.6 Å². The van der Waals surface area contributed by atoms with Crippen molar-refractivity contribution in [3.8, 4) is 0 Å². The standard InChI is InChI=1S/C17H24N4O2/c1-11(2)20-8-13(15(10-20)23-4)19-17(22)14-9-21-7-12(3)5-6-16(21)18-14/h5-7,9,11,13,15H,8,10H2,1-4H3,(H,19,22)/t13-,15-/m0/s1. The van der Waals surface area contributed by atoms with Crippen LogP contribution in [0.5, 0.6) is 0 Å². The van der Waals surface area contributed by atoms with Gasteiger partial charge in [0.15, 0.2) is 0 Å². The van der Waals surface area contributed by atoms with E-state index in [-0.39, 0.29) is 18.1 Å². The fraction of sp³-hybridized carbons (Fsp3) is 0.529. The molecule has 6 nitrogen and oxygen atoms in total. The van der Waals surface area contributed by atoms with Gasteiger partial charge in [-0.3, -0.25) is 9.69 Å². The Morgan fingerprint density at radius 3 is 2.83 bits per heavy atom. The van der Waals surface area contributed by atoms with Crippen LogP contribution in [0.15, 0.2) is 24.5 Å². The molecular formula is C17H24N4O2. The highest BCUT2D eigenvalue weighted by atomic mass is 16.5. The highest BCUT2D eigenvalue weighted by molar-refractivity contribution is 5.93. The number of nitrogens with one attached hydrogen (secondary N) is 1. The molecule has 1 amide bonds. The van der Waals surface area contributed by atoms with Crippen LogP contribution in [0.2, 0.25) is 0 Å². The molecule has 0 aromatic carbocycles. The monoisotopic (exact) mass is 316 g/mol. The molecule has 3 rings (SSSR count). The van der Waals surface area contributed by atoms with Gasteiger partial charge in [0.25, 0.3) is 5.91 Å². The number of methoxy groups -OCH3 is 1. The average molecular weight is 316 g/mol. The summed E-state index contributed by atoms with van der Waals surface area (Å²) in [5.74, 6) is -0.149. The molecule has 2 atom stereocenters. The Morgan fingerprint density at radius 2 is 2.13 bits per heavy atom. The SMILES string of the molecule is CO[C@H]1CN(C(C)C)C[C@@H]1NC(=O)c1cn2cc(C)ccc2n1. The summed E-state index contributed by atoms with van der Waals surface area (Å²) >= 11 is 0. The molecule has 0 radical (unpaired) electrons. The number of nitrogens with zero attached hydrogens (tertiary/aromatic N) is 3. The zero-order chi connectivity index (χ0) is 16.6. The van der Waals surface area contributed by atoms with Crippen molar-refractivity contribution in [1.29, 1.82) is 0 Å². The quantitative estimate of drug-likeness (QED) is 0.928. The molecular weight excluding hydrogens is 292 g/mol. The molecule has 0 bridgehead atoms. The van der Waals surface area contributed by atoms with Crippen molar-refractivity contribution < 1.29 is 9.53 Å². The van der Waals surface area contributed by atoms with Crippen molar-refractivity contribution in [2.75, 3.05) is 20.2 Å². The summed E-state index contributed by atoms with van der Waals surface area (Å²) in [6.07, 6.45) is 3.75. The molecule has 23 heavy (non-hydrogen) atoms. The molecule has 0 unspecified atom stereocenters. The Labute approximate surface area is 136 Å². The lowest BCUT2D eigenvalue weighted by Crippen LogP contribution is -2.43. The van der Waals surface area contributed by atoms with Crippen LogP contribution < -0.4 is 5.32 Å². The van der Waals surface area contributed by atoms with E-state index in [1.165, 1.54) is 0 Å². The van der Waals surface area contributed by atoms with Crippen LogP contribution in [-0.2, 0) is 4.74 Å². The third-order valence-corrected chi connectivity index (χ3v) is 4.48. The topological polar surface area (TPSA) is 58.9 Å². The van der Waals surface area contributed by atoms with Crippen LogP contribution in [0.3, 0.4) is 0 Å². The van der Waals surface area contributed by atoms with E-state index in [1.807, 2.05) is 29.7 Å². The number of carbonyl (C=O) groups excluding carboxylic acids is 1. The summed E-state index contributed by atoms with van der Waals surface area (Å²) < 4.78 is 7.42. The second-order valence-corrected chi connectivity index (χ2v) is 6.50. The minimum Gasteiger partial charge on any atom is -0.378 e. The van der Waals surface area contributed by atoms with Gasteiger partial charge >= 0.3 is 0 Å². The summed E-state index contributed by atoms with van der Waals surface area (Å²) in [7, 11) is 1.70. The summed E-state index contributed by atoms with van der Waals surface area (Å²) in [5, 5.41) is 3.08. The molecule has 6 heteroatoms. The van der Waals surface area contributed by atoms with E-state index in [9.17, 15) is 4.79 Å². The van der Waals surface area contributed by atoms with Gasteiger partial charge in [0.05, 0.1) is 12.1 Å². The average Bonchev–Trinajstić information content (AvgIpc) is 3.10. The first-order valence-electron chi connectivity index (χ1n) is 8.01. The van der Waals surface area contributed by atoms with E-state index >= 15 is 0 Å². The first kappa shape index (κ1) is 16.0. The first-order valence-corrected chi connectivity index (χ1v) is 8.01. The number of aryl methyl sites for hydroxylation is 1. The van der Waals surface area contributed by atoms with Crippen LogP contribution in [0, 0.1) is 6.92 Å². The van der Waals surface area contributed by atoms with Crippen LogP contribution in [-0.4, -0.2) is 58.6 Å². The van der Waals surface area contributed by atoms with Gasteiger partial charge in [-0.25, -0.2) is 4.98 Å². The molecule has 0 spiro atoms. The molecule has 1 N–H and O–H groups in total. The van der Waals surface area contributed by atoms with Crippen molar-refractivity contribution in [3.05, 3.63) is 35.8 Å². The van der Waals surface area contributed by atoms with E-state index < -0.39 is 0 Å². The number of hydrogen-bond donors (Lipinski definition) is 1. The third-order valence-electron chi connectivity index (χ3n) is 4.48. The molecule has 1 aliphatic rings. The minimum atomic E-state index is -0.149. The fourth-order valence-electron chi connectivity index (χ4n) is 3.06. The first-order chi connectivity index (χ1) is 11.0. The summed E-state index contributed by atoms with van der Waals surface area (Å²) in [4.78, 5) is 19.2. The largest absolute Gasteiger partial charge is 0.378 e. The molecule has 0 saturated carbocycles. The number of amides is 1. The lowest BCUT2D eigenvalue weighted by molar-refractivity contribution is 0.0750. The van der Waals surface area contributed by atoms with E-state index in [2.05, 4.69) is 29.0 Å². The second kappa shape index (κ2) is 6.29. The van der Waals surface area contributed by atoms with Gasteiger partial charge in [0.1, 0.15) is 11.3 Å². The highest BCUT2D eigenvalue weighted by Crippen LogP contribution is 2.16. The maximum absolute atomic E-state index is 12.5. The van der Waals surface area contributed by atoms with E-state index in [4.69, 9.17) is 4.74 Å². The summed E-state index contributed by atoms with van der Waals surface area (Å²) in [6.45, 7) is 7.96. The Balaban J connectivity index is 1.74. The number of aromatic nitrogens is 2. The number of carbonyl (C=O) groups is 1. The van der Waals surface area contributed by atoms with Crippen molar-refractivity contribution in [2.24, 2.45) is 0 Å². The van der Waals surface area contributed by atoms with Crippen molar-refractivity contribution in [2.45, 2.75) is 39.0 Å². The maximum Gasteiger partial charge on any atom is 0.271 e. The fourth-order valence-corrected chi connectivity index (χ4v) is 3.06. The summed E-state index contributed by atoms with van der Waals surface area (Å²) in [6, 6.07) is 4.33. The van der Waals surface area contributed by atoms with Gasteiger partial charge in [-0.2, -0.15) is 0 Å². The van der Waals surface area contributed by atoms with Gasteiger partial charge in [0, 0.05) is 38.6 Å². The lowest BCUT2D eigenvalue weighted by atomic mass is 10.2. The van der Waals surface area contributed by atoms with Crippen molar-refractivity contribution in [1.82, 2.24) is 19.6 Å². The second-order valence-electron chi connectivity index (χ2n) is 6.50. The zero-order valence-electron chi connectivity index (χ0n) is 14.1.